The molecular formula is C2H5BBr2. The largest absolute Gasteiger partial charge is 0.139 e. The highest BCUT2D eigenvalue weighted by molar-refractivity contribution is 8.93. The fourth-order valence-electron chi connectivity index (χ4n) is 0. The summed E-state index contributed by atoms with van der Waals surface area (Å²) in [6, 6.07) is 0. The Morgan fingerprint density at radius 3 is 1.40 bits per heavy atom. The first-order valence-corrected chi connectivity index (χ1v) is 0.742. The van der Waals surface area contributed by atoms with Gasteiger partial charge in [-0.3, -0.25) is 0 Å². The van der Waals surface area contributed by atoms with Crippen LogP contribution in [0.5, 0.6) is 0 Å². The fourth-order valence-corrected chi connectivity index (χ4v) is 0. The summed E-state index contributed by atoms with van der Waals surface area (Å²) in [6.45, 7) is 3.14. The van der Waals surface area contributed by atoms with Crippen molar-refractivity contribution >= 4 is 41.8 Å². The molecule has 0 nitrogen and oxygen atoms in total. The van der Waals surface area contributed by atoms with E-state index in [2.05, 4.69) is 14.4 Å². The van der Waals surface area contributed by atoms with Crippen LogP contribution in [0.25, 0.3) is 0 Å². The van der Waals surface area contributed by atoms with Crippen LogP contribution in [0.1, 0.15) is 0 Å². The quantitative estimate of drug-likeness (QED) is 0.519. The molecule has 0 rings (SSSR count). The monoisotopic (exact) mass is 198 g/mol. The number of rotatable bonds is 0. The SMILES string of the molecule is Br.Br.[B]C=C. The lowest BCUT2D eigenvalue weighted by Gasteiger charge is -1.29. The molecule has 0 saturated carbocycles. The molecule has 0 aromatic heterocycles. The van der Waals surface area contributed by atoms with Crippen molar-refractivity contribution in [2.45, 2.75) is 0 Å². The van der Waals surface area contributed by atoms with Crippen LogP contribution in [0.4, 0.5) is 0 Å². The number of hydrogen-bond acceptors (Lipinski definition) is 0. The Hall–Kier alpha value is 0.765. The van der Waals surface area contributed by atoms with Crippen molar-refractivity contribution in [3.63, 3.8) is 0 Å². The van der Waals surface area contributed by atoms with Crippen molar-refractivity contribution in [3.8, 4) is 0 Å². The molecular weight excluding hydrogens is 195 g/mol. The van der Waals surface area contributed by atoms with Gasteiger partial charge in [0.15, 0.2) is 0 Å². The summed E-state index contributed by atoms with van der Waals surface area (Å²) in [6.07, 6.45) is 0. The third-order valence-electron chi connectivity index (χ3n) is 0. The Morgan fingerprint density at radius 2 is 1.40 bits per heavy atom. The summed E-state index contributed by atoms with van der Waals surface area (Å²) in [4.78, 5) is 0. The van der Waals surface area contributed by atoms with Crippen LogP contribution in [0, 0.1) is 0 Å². The predicted octanol–water partition coefficient (Wildman–Crippen LogP) is 1.45. The molecule has 0 aliphatic carbocycles. The van der Waals surface area contributed by atoms with Gasteiger partial charge in [0.2, 0.25) is 0 Å². The highest BCUT2D eigenvalue weighted by Crippen LogP contribution is 1.24. The van der Waals surface area contributed by atoms with Crippen molar-refractivity contribution in [1.29, 1.82) is 0 Å². The van der Waals surface area contributed by atoms with Gasteiger partial charge in [-0.2, -0.15) is 0 Å². The summed E-state index contributed by atoms with van der Waals surface area (Å²) < 4.78 is 0. The van der Waals surface area contributed by atoms with E-state index in [0.29, 0.717) is 0 Å². The van der Waals surface area contributed by atoms with Crippen molar-refractivity contribution in [2.75, 3.05) is 0 Å². The highest BCUT2D eigenvalue weighted by Gasteiger charge is 1.18. The second kappa shape index (κ2) is 21.7. The van der Waals surface area contributed by atoms with E-state index in [1.807, 2.05) is 0 Å². The first-order valence-electron chi connectivity index (χ1n) is 0.742. The Kier molecular flexibility index (Phi) is 74.2. The maximum atomic E-state index is 4.61. The minimum absolute atomic E-state index is 0. The molecule has 0 aromatic carbocycles. The summed E-state index contributed by atoms with van der Waals surface area (Å²) in [5.74, 6) is 1.25. The van der Waals surface area contributed by atoms with E-state index in [9.17, 15) is 0 Å². The molecule has 3 heteroatoms. The zero-order valence-electron chi connectivity index (χ0n) is 2.68. The van der Waals surface area contributed by atoms with Gasteiger partial charge in [-0.05, 0) is 0 Å². The Bertz CT molecular complexity index is 15.1. The van der Waals surface area contributed by atoms with Crippen molar-refractivity contribution < 1.29 is 0 Å². The first kappa shape index (κ1) is 17.1. The standard InChI is InChI=1S/C2H3B.2BrH/c1-2-3;;/h2H,1H2;2*1H. The van der Waals surface area contributed by atoms with E-state index < -0.39 is 0 Å². The summed E-state index contributed by atoms with van der Waals surface area (Å²) in [5.41, 5.74) is 0. The molecule has 0 aromatic rings. The molecule has 0 bridgehead atoms. The van der Waals surface area contributed by atoms with Gasteiger partial charge in [0.05, 0.1) is 0 Å². The second-order valence-electron chi connectivity index (χ2n) is 0.236. The van der Waals surface area contributed by atoms with Crippen LogP contribution in [0.2, 0.25) is 0 Å². The van der Waals surface area contributed by atoms with Gasteiger partial charge in [-0.25, -0.2) is 0 Å². The molecule has 0 N–H and O–H groups in total. The van der Waals surface area contributed by atoms with Crippen LogP contribution >= 0.6 is 34.0 Å². The van der Waals surface area contributed by atoms with Gasteiger partial charge < -0.3 is 0 Å². The minimum Gasteiger partial charge on any atom is -0.139 e. The fraction of sp³-hybridized carbons (Fsp3) is 0. The lowest BCUT2D eigenvalue weighted by atomic mass is 10.2. The average molecular weight is 200 g/mol. The van der Waals surface area contributed by atoms with Gasteiger partial charge in [0.25, 0.3) is 0 Å². The van der Waals surface area contributed by atoms with Crippen molar-refractivity contribution in [3.05, 3.63) is 12.6 Å². The number of halogens is 2. The van der Waals surface area contributed by atoms with Crippen LogP contribution < -0.4 is 0 Å². The lowest BCUT2D eigenvalue weighted by molar-refractivity contribution is 2.63. The summed E-state index contributed by atoms with van der Waals surface area (Å²) in [7, 11) is 4.61. The van der Waals surface area contributed by atoms with Crippen LogP contribution in [-0.2, 0) is 0 Å². The highest BCUT2D eigenvalue weighted by atomic mass is 79.9. The molecule has 0 aliphatic rings. The van der Waals surface area contributed by atoms with Crippen LogP contribution in [-0.4, -0.2) is 7.85 Å². The Morgan fingerprint density at radius 1 is 1.40 bits per heavy atom. The molecule has 0 amide bonds. The average Bonchev–Trinajstić information content (AvgIpc) is 0.918. The van der Waals surface area contributed by atoms with Gasteiger partial charge in [-0.1, -0.05) is 0 Å². The number of hydrogen-bond donors (Lipinski definition) is 0. The minimum atomic E-state index is 0. The van der Waals surface area contributed by atoms with E-state index in [-0.39, 0.29) is 34.0 Å². The summed E-state index contributed by atoms with van der Waals surface area (Å²) >= 11 is 0. The molecule has 0 spiro atoms. The second-order valence-corrected chi connectivity index (χ2v) is 0.236. The normalized spacial score (nSPS) is 2.40. The smallest absolute Gasteiger partial charge is 0.102 e. The van der Waals surface area contributed by atoms with E-state index >= 15 is 0 Å². The molecule has 0 fully saturated rings. The molecule has 0 aliphatic heterocycles. The first-order chi connectivity index (χ1) is 1.41. The summed E-state index contributed by atoms with van der Waals surface area (Å²) in [5, 5.41) is 0. The lowest BCUT2D eigenvalue weighted by Crippen LogP contribution is -1.29. The Labute approximate surface area is 54.6 Å². The van der Waals surface area contributed by atoms with E-state index in [4.69, 9.17) is 0 Å². The molecule has 30 valence electrons. The van der Waals surface area contributed by atoms with Crippen LogP contribution in [0.15, 0.2) is 12.6 Å². The van der Waals surface area contributed by atoms with Gasteiger partial charge in [0, 0.05) is 0 Å². The maximum Gasteiger partial charge on any atom is 0.102 e. The van der Waals surface area contributed by atoms with Crippen molar-refractivity contribution in [2.24, 2.45) is 0 Å². The van der Waals surface area contributed by atoms with Crippen LogP contribution in [0.3, 0.4) is 0 Å². The van der Waals surface area contributed by atoms with Gasteiger partial charge in [-0.15, -0.1) is 46.5 Å². The molecule has 5 heavy (non-hydrogen) atoms. The topological polar surface area (TPSA) is 0 Å². The maximum absolute atomic E-state index is 4.61. The molecule has 0 saturated heterocycles. The Balaban J connectivity index is -0.0000000200. The van der Waals surface area contributed by atoms with E-state index in [1.54, 1.807) is 0 Å². The molecule has 2 radical (unpaired) electrons. The van der Waals surface area contributed by atoms with E-state index in [1.165, 1.54) is 5.98 Å². The van der Waals surface area contributed by atoms with E-state index in [0.717, 1.165) is 0 Å². The third-order valence-corrected chi connectivity index (χ3v) is 0. The molecule has 0 atom stereocenters. The predicted molar refractivity (Wildman–Crippen MR) is 36.6 cm³/mol. The zero-order chi connectivity index (χ0) is 2.71. The molecule has 0 heterocycles. The molecule has 0 unspecified atom stereocenters. The zero-order valence-corrected chi connectivity index (χ0v) is 6.10. The van der Waals surface area contributed by atoms with Gasteiger partial charge in [0.1, 0.15) is 7.85 Å². The third kappa shape index (κ3) is 62.3. The van der Waals surface area contributed by atoms with Crippen molar-refractivity contribution in [1.82, 2.24) is 0 Å². The van der Waals surface area contributed by atoms with Gasteiger partial charge >= 0.3 is 0 Å².